The Bertz CT molecular complexity index is 1460. The van der Waals surface area contributed by atoms with Crippen LogP contribution in [-0.4, -0.2) is 64.7 Å². The van der Waals surface area contributed by atoms with Gasteiger partial charge < -0.3 is 29.6 Å². The number of carbonyl (C=O) groups is 5. The van der Waals surface area contributed by atoms with Crippen LogP contribution in [-0.2, 0) is 18.9 Å². The lowest BCUT2D eigenvalue weighted by Gasteiger charge is -2.22. The Morgan fingerprint density at radius 2 is 0.654 bits per heavy atom. The van der Waals surface area contributed by atoms with Crippen LogP contribution in [0.4, 0.5) is 46.7 Å². The van der Waals surface area contributed by atoms with Gasteiger partial charge in [0.2, 0.25) is 11.9 Å². The number of nitrogens with one attached hydrogen (secondary N) is 6. The van der Waals surface area contributed by atoms with E-state index in [0.29, 0.717) is 22.7 Å². The summed E-state index contributed by atoms with van der Waals surface area (Å²) in [5.74, 6) is -0.466. The Morgan fingerprint density at radius 3 is 0.865 bits per heavy atom. The first-order chi connectivity index (χ1) is 23.7. The number of carbonyl (C=O) groups excluding carboxylic acids is 5. The van der Waals surface area contributed by atoms with Gasteiger partial charge in [0.1, 0.15) is 22.4 Å². The highest BCUT2D eigenvalue weighted by Crippen LogP contribution is 2.19. The number of benzene rings is 2. The van der Waals surface area contributed by atoms with Crippen molar-refractivity contribution in [2.45, 2.75) is 105 Å². The molecule has 0 radical (unpaired) electrons. The summed E-state index contributed by atoms with van der Waals surface area (Å²) in [7, 11) is 0. The Labute approximate surface area is 303 Å². The van der Waals surface area contributed by atoms with E-state index < -0.39 is 52.8 Å². The molecule has 0 bridgehead atoms. The monoisotopic (exact) mass is 726 g/mol. The predicted octanol–water partition coefficient (Wildman–Crippen LogP) is 7.40. The van der Waals surface area contributed by atoms with Gasteiger partial charge in [-0.3, -0.25) is 21.3 Å². The van der Waals surface area contributed by atoms with E-state index in [4.69, 9.17) is 18.9 Å². The summed E-state index contributed by atoms with van der Waals surface area (Å²) in [6.07, 6.45) is -3.36. The first-order valence-corrected chi connectivity index (χ1v) is 16.2. The van der Waals surface area contributed by atoms with E-state index in [9.17, 15) is 24.0 Å². The molecule has 0 saturated carbocycles. The fourth-order valence-electron chi connectivity index (χ4n) is 3.57. The predicted molar refractivity (Wildman–Crippen MR) is 197 cm³/mol. The largest absolute Gasteiger partial charge is 0.444 e. The number of aliphatic imine (C=N–C) groups is 2. The lowest BCUT2D eigenvalue weighted by atomic mass is 10.2. The Balaban J connectivity index is 2.14. The van der Waals surface area contributed by atoms with Gasteiger partial charge in [0.25, 0.3) is 0 Å². The third-order valence-electron chi connectivity index (χ3n) is 5.21. The van der Waals surface area contributed by atoms with Gasteiger partial charge in [-0.15, -0.1) is 0 Å². The fraction of sp³-hybridized carbons (Fsp3) is 0.457. The van der Waals surface area contributed by atoms with Crippen LogP contribution in [0.15, 0.2) is 58.5 Å². The standard InChI is InChI=1S/C35H50N8O9/c1-32(2,3)49-28(45)40-25(41-29(46)50-33(4,5)6)36-21-13-17-23(18-14-21)38-27(44)39-24-19-15-22(16-20-24)37-26(42-30(47)51-34(7,8)9)43-31(48)52-35(10,11)12/h13-20H,1-12H3,(H2,38,39,44)(H2,36,40,41,45,46)(H2,37,42,43,47,48). The van der Waals surface area contributed by atoms with Crippen molar-refractivity contribution in [3.63, 3.8) is 0 Å². The Hall–Kier alpha value is -5.87. The Morgan fingerprint density at radius 1 is 0.423 bits per heavy atom. The van der Waals surface area contributed by atoms with Crippen LogP contribution in [0.3, 0.4) is 0 Å². The third kappa shape index (κ3) is 18.8. The molecule has 2 aromatic carbocycles. The molecule has 6 amide bonds. The highest BCUT2D eigenvalue weighted by Gasteiger charge is 2.23. The van der Waals surface area contributed by atoms with Gasteiger partial charge in [-0.25, -0.2) is 34.0 Å². The molecule has 0 unspecified atom stereocenters. The molecule has 6 N–H and O–H groups in total. The van der Waals surface area contributed by atoms with Gasteiger partial charge in [-0.1, -0.05) is 0 Å². The molecule has 17 heteroatoms. The second kappa shape index (κ2) is 17.4. The van der Waals surface area contributed by atoms with Gasteiger partial charge in [0, 0.05) is 11.4 Å². The van der Waals surface area contributed by atoms with Crippen molar-refractivity contribution in [1.29, 1.82) is 0 Å². The number of ether oxygens (including phenoxy) is 4. The molecular formula is C35H50N8O9. The average molecular weight is 727 g/mol. The maximum Gasteiger partial charge on any atom is 0.414 e. The number of nitrogens with zero attached hydrogens (tertiary/aromatic N) is 2. The van der Waals surface area contributed by atoms with Gasteiger partial charge >= 0.3 is 30.4 Å². The molecule has 0 aromatic heterocycles. The molecule has 2 aromatic rings. The number of hydrogen-bond donors (Lipinski definition) is 6. The molecule has 0 aliphatic heterocycles. The molecular weight excluding hydrogens is 676 g/mol. The van der Waals surface area contributed by atoms with E-state index in [2.05, 4.69) is 41.9 Å². The van der Waals surface area contributed by atoms with Crippen molar-refractivity contribution in [3.05, 3.63) is 48.5 Å². The van der Waals surface area contributed by atoms with Crippen molar-refractivity contribution in [2.75, 3.05) is 10.6 Å². The molecule has 0 atom stereocenters. The lowest BCUT2D eigenvalue weighted by Crippen LogP contribution is -2.47. The highest BCUT2D eigenvalue weighted by molar-refractivity contribution is 6.04. The minimum absolute atomic E-state index is 0.233. The molecule has 52 heavy (non-hydrogen) atoms. The zero-order valence-corrected chi connectivity index (χ0v) is 31.7. The van der Waals surface area contributed by atoms with Crippen molar-refractivity contribution in [3.8, 4) is 0 Å². The first-order valence-electron chi connectivity index (χ1n) is 16.2. The van der Waals surface area contributed by atoms with Crippen LogP contribution in [0.5, 0.6) is 0 Å². The Kier molecular flexibility index (Phi) is 14.1. The topological polar surface area (TPSA) is 219 Å². The number of amides is 6. The smallest absolute Gasteiger partial charge is 0.414 e. The van der Waals surface area contributed by atoms with Crippen LogP contribution in [0.25, 0.3) is 0 Å². The zero-order valence-electron chi connectivity index (χ0n) is 31.7. The van der Waals surface area contributed by atoms with Crippen LogP contribution in [0.1, 0.15) is 83.1 Å². The molecule has 284 valence electrons. The van der Waals surface area contributed by atoms with Gasteiger partial charge in [0.15, 0.2) is 0 Å². The molecule has 0 heterocycles. The average Bonchev–Trinajstić information content (AvgIpc) is 2.90. The summed E-state index contributed by atoms with van der Waals surface area (Å²) < 4.78 is 21.0. The van der Waals surface area contributed by atoms with Crippen LogP contribution < -0.4 is 31.9 Å². The molecule has 2 rings (SSSR count). The number of guanidine groups is 2. The third-order valence-corrected chi connectivity index (χ3v) is 5.21. The van der Waals surface area contributed by atoms with E-state index in [1.165, 1.54) is 0 Å². The molecule has 17 nitrogen and oxygen atoms in total. The minimum Gasteiger partial charge on any atom is -0.444 e. The molecule has 0 aliphatic rings. The van der Waals surface area contributed by atoms with Crippen LogP contribution >= 0.6 is 0 Å². The summed E-state index contributed by atoms with van der Waals surface area (Å²) in [5.41, 5.74) is -1.72. The van der Waals surface area contributed by atoms with E-state index in [-0.39, 0.29) is 11.9 Å². The normalized spacial score (nSPS) is 11.5. The van der Waals surface area contributed by atoms with Crippen molar-refractivity contribution in [2.24, 2.45) is 9.98 Å². The lowest BCUT2D eigenvalue weighted by molar-refractivity contribution is 0.0521. The van der Waals surface area contributed by atoms with E-state index in [1.807, 2.05) is 0 Å². The number of rotatable bonds is 4. The number of urea groups is 1. The molecule has 0 saturated heterocycles. The summed E-state index contributed by atoms with van der Waals surface area (Å²) in [4.78, 5) is 70.7. The van der Waals surface area contributed by atoms with Gasteiger partial charge in [-0.2, -0.15) is 0 Å². The number of alkyl carbamates (subject to hydrolysis) is 4. The van der Waals surface area contributed by atoms with Crippen molar-refractivity contribution < 1.29 is 42.9 Å². The van der Waals surface area contributed by atoms with Crippen molar-refractivity contribution in [1.82, 2.24) is 21.3 Å². The number of hydrogen-bond acceptors (Lipinski definition) is 11. The van der Waals surface area contributed by atoms with Gasteiger partial charge in [-0.05, 0) is 132 Å². The number of anilines is 2. The quantitative estimate of drug-likeness (QED) is 0.105. The summed E-state index contributed by atoms with van der Waals surface area (Å²) in [5, 5.41) is 15.0. The van der Waals surface area contributed by atoms with E-state index in [1.54, 1.807) is 132 Å². The SMILES string of the molecule is CC(C)(C)OC(=O)NC(=Nc1ccc(NC(=O)Nc2ccc(N=C(NC(=O)OC(C)(C)C)NC(=O)OC(C)(C)C)cc2)cc1)NC(=O)OC(C)(C)C. The fourth-order valence-corrected chi connectivity index (χ4v) is 3.57. The van der Waals surface area contributed by atoms with Gasteiger partial charge in [0.05, 0.1) is 11.4 Å². The summed E-state index contributed by atoms with van der Waals surface area (Å²) in [6.45, 7) is 20.3. The minimum atomic E-state index is -0.840. The first kappa shape index (κ1) is 42.3. The molecule has 0 fully saturated rings. The summed E-state index contributed by atoms with van der Waals surface area (Å²) >= 11 is 0. The maximum atomic E-state index is 12.7. The molecule has 0 spiro atoms. The van der Waals surface area contributed by atoms with E-state index >= 15 is 0 Å². The second-order valence-corrected chi connectivity index (χ2v) is 15.1. The van der Waals surface area contributed by atoms with E-state index in [0.717, 1.165) is 0 Å². The van der Waals surface area contributed by atoms with Crippen molar-refractivity contribution >= 4 is 65.1 Å². The highest BCUT2D eigenvalue weighted by atomic mass is 16.6. The van der Waals surface area contributed by atoms with Crippen LogP contribution in [0, 0.1) is 0 Å². The summed E-state index contributed by atoms with van der Waals surface area (Å²) in [6, 6.07) is 11.9. The maximum absolute atomic E-state index is 12.7. The molecule has 0 aliphatic carbocycles. The van der Waals surface area contributed by atoms with Crippen LogP contribution in [0.2, 0.25) is 0 Å². The zero-order chi connectivity index (χ0) is 39.5. The second-order valence-electron chi connectivity index (χ2n) is 15.1.